The van der Waals surface area contributed by atoms with Crippen molar-refractivity contribution in [3.63, 3.8) is 0 Å². The van der Waals surface area contributed by atoms with Crippen LogP contribution in [0.1, 0.15) is 18.5 Å². The van der Waals surface area contributed by atoms with Crippen LogP contribution < -0.4 is 4.74 Å². The van der Waals surface area contributed by atoms with Gasteiger partial charge in [0.1, 0.15) is 17.3 Å². The Morgan fingerprint density at radius 3 is 2.57 bits per heavy atom. The quantitative estimate of drug-likeness (QED) is 0.452. The highest BCUT2D eigenvalue weighted by Crippen LogP contribution is 2.39. The number of fused-ring (bicyclic) bond motifs is 1. The smallest absolute Gasteiger partial charge is 0.416 e. The number of nitrogens with zero attached hydrogens (tertiary/aromatic N) is 3. The highest BCUT2D eigenvalue weighted by molar-refractivity contribution is 6.32. The van der Waals surface area contributed by atoms with E-state index in [1.54, 1.807) is 6.92 Å². The van der Waals surface area contributed by atoms with Crippen LogP contribution in [0.15, 0.2) is 30.3 Å². The molecule has 2 aromatic carbocycles. The topological polar surface area (TPSA) is 66.2 Å². The number of esters is 1. The Morgan fingerprint density at radius 2 is 1.96 bits per heavy atom. The van der Waals surface area contributed by atoms with Gasteiger partial charge in [0, 0.05) is 6.07 Å². The maximum absolute atomic E-state index is 14.1. The van der Waals surface area contributed by atoms with Gasteiger partial charge in [0.25, 0.3) is 0 Å². The monoisotopic (exact) mass is 417 g/mol. The van der Waals surface area contributed by atoms with Crippen LogP contribution in [-0.4, -0.2) is 28.1 Å². The lowest BCUT2D eigenvalue weighted by Crippen LogP contribution is -2.18. The van der Waals surface area contributed by atoms with Gasteiger partial charge in [-0.3, -0.25) is 0 Å². The number of ether oxygens (including phenoxy) is 2. The third-order valence-electron chi connectivity index (χ3n) is 3.90. The molecule has 1 atom stereocenters. The Labute approximate surface area is 160 Å². The number of methoxy groups -OCH3 is 1. The van der Waals surface area contributed by atoms with E-state index in [4.69, 9.17) is 16.3 Å². The fourth-order valence-corrected chi connectivity index (χ4v) is 2.73. The van der Waals surface area contributed by atoms with Crippen molar-refractivity contribution in [1.29, 1.82) is 0 Å². The molecule has 0 spiro atoms. The normalized spacial score (nSPS) is 12.8. The Kier molecular flexibility index (Phi) is 5.16. The molecule has 0 aliphatic heterocycles. The molecular formula is C17H12ClF4N3O3. The molecule has 148 valence electrons. The predicted octanol–water partition coefficient (Wildman–Crippen LogP) is 4.77. The molecular weight excluding hydrogens is 406 g/mol. The third kappa shape index (κ3) is 3.72. The molecule has 1 unspecified atom stereocenters. The summed E-state index contributed by atoms with van der Waals surface area (Å²) in [5.41, 5.74) is -0.432. The lowest BCUT2D eigenvalue weighted by atomic mass is 10.2. The number of benzene rings is 2. The second-order valence-electron chi connectivity index (χ2n) is 5.75. The Balaban J connectivity index is 1.93. The molecule has 0 aliphatic rings. The summed E-state index contributed by atoms with van der Waals surface area (Å²) in [7, 11) is 1.24. The van der Waals surface area contributed by atoms with Crippen LogP contribution in [0.25, 0.3) is 11.0 Å². The van der Waals surface area contributed by atoms with Crippen molar-refractivity contribution in [3.05, 3.63) is 46.7 Å². The van der Waals surface area contributed by atoms with Crippen molar-refractivity contribution >= 4 is 28.6 Å². The SMILES string of the molecule is COC(=O)C(C)n1nnc2cc(Oc3c(F)cc(C(F)(F)F)cc3Cl)ccc21. The van der Waals surface area contributed by atoms with Gasteiger partial charge in [-0.15, -0.1) is 5.10 Å². The number of carbonyl (C=O) groups is 1. The molecule has 1 heterocycles. The molecule has 1 aromatic heterocycles. The standard InChI is InChI=1S/C17H12ClF4N3O3/c1-8(16(26)27-2)25-14-4-3-10(7-13(14)23-24-25)28-15-11(18)5-9(6-12(15)19)17(20,21)22/h3-8H,1-2H3. The number of hydrogen-bond acceptors (Lipinski definition) is 5. The number of alkyl halides is 3. The lowest BCUT2D eigenvalue weighted by molar-refractivity contribution is -0.144. The van der Waals surface area contributed by atoms with Gasteiger partial charge in [-0.05, 0) is 31.2 Å². The number of hydrogen-bond donors (Lipinski definition) is 0. The number of carbonyl (C=O) groups excluding carboxylic acids is 1. The van der Waals surface area contributed by atoms with Crippen LogP contribution in [-0.2, 0) is 15.7 Å². The van der Waals surface area contributed by atoms with E-state index >= 15 is 0 Å². The minimum Gasteiger partial charge on any atom is -0.467 e. The van der Waals surface area contributed by atoms with E-state index in [9.17, 15) is 22.4 Å². The van der Waals surface area contributed by atoms with E-state index < -0.39 is 40.3 Å². The van der Waals surface area contributed by atoms with E-state index in [1.807, 2.05) is 0 Å². The molecule has 0 N–H and O–H groups in total. The first-order valence-electron chi connectivity index (χ1n) is 7.78. The zero-order valence-electron chi connectivity index (χ0n) is 14.4. The maximum atomic E-state index is 14.1. The van der Waals surface area contributed by atoms with Crippen molar-refractivity contribution in [2.24, 2.45) is 0 Å². The third-order valence-corrected chi connectivity index (χ3v) is 4.18. The number of halogens is 5. The van der Waals surface area contributed by atoms with Gasteiger partial charge in [-0.25, -0.2) is 13.9 Å². The summed E-state index contributed by atoms with van der Waals surface area (Å²) in [4.78, 5) is 11.7. The molecule has 0 saturated carbocycles. The van der Waals surface area contributed by atoms with Gasteiger partial charge in [-0.2, -0.15) is 13.2 Å². The highest BCUT2D eigenvalue weighted by Gasteiger charge is 2.32. The van der Waals surface area contributed by atoms with Gasteiger partial charge in [0.2, 0.25) is 0 Å². The molecule has 3 aromatic rings. The van der Waals surface area contributed by atoms with E-state index in [0.717, 1.165) is 0 Å². The molecule has 0 fully saturated rings. The van der Waals surface area contributed by atoms with E-state index in [1.165, 1.54) is 30.0 Å². The Morgan fingerprint density at radius 1 is 1.25 bits per heavy atom. The van der Waals surface area contributed by atoms with Crippen LogP contribution in [0.3, 0.4) is 0 Å². The second-order valence-corrected chi connectivity index (χ2v) is 6.16. The van der Waals surface area contributed by atoms with E-state index in [-0.39, 0.29) is 5.75 Å². The molecule has 11 heteroatoms. The lowest BCUT2D eigenvalue weighted by Gasteiger charge is -2.13. The van der Waals surface area contributed by atoms with E-state index in [0.29, 0.717) is 23.2 Å². The second kappa shape index (κ2) is 7.27. The van der Waals surface area contributed by atoms with Crippen LogP contribution in [0.4, 0.5) is 17.6 Å². The summed E-state index contributed by atoms with van der Waals surface area (Å²) < 4.78 is 63.5. The van der Waals surface area contributed by atoms with Crippen molar-refractivity contribution in [2.75, 3.05) is 7.11 Å². The molecule has 0 saturated heterocycles. The van der Waals surface area contributed by atoms with Crippen LogP contribution in [0.2, 0.25) is 5.02 Å². The summed E-state index contributed by atoms with van der Waals surface area (Å²) in [6.45, 7) is 1.57. The highest BCUT2D eigenvalue weighted by atomic mass is 35.5. The molecule has 0 radical (unpaired) electrons. The largest absolute Gasteiger partial charge is 0.467 e. The minimum atomic E-state index is -4.74. The van der Waals surface area contributed by atoms with Crippen molar-refractivity contribution in [3.8, 4) is 11.5 Å². The zero-order chi connectivity index (χ0) is 20.6. The Bertz CT molecular complexity index is 1030. The number of aromatic nitrogens is 3. The minimum absolute atomic E-state index is 0.0748. The van der Waals surface area contributed by atoms with Gasteiger partial charge >= 0.3 is 12.1 Å². The van der Waals surface area contributed by atoms with Gasteiger partial charge in [0.15, 0.2) is 11.6 Å². The average molecular weight is 418 g/mol. The molecule has 3 rings (SSSR count). The molecule has 6 nitrogen and oxygen atoms in total. The van der Waals surface area contributed by atoms with Gasteiger partial charge in [0.05, 0.1) is 23.2 Å². The van der Waals surface area contributed by atoms with Crippen LogP contribution >= 0.6 is 11.6 Å². The predicted molar refractivity (Wildman–Crippen MR) is 90.7 cm³/mol. The Hall–Kier alpha value is -2.88. The maximum Gasteiger partial charge on any atom is 0.416 e. The average Bonchev–Trinajstić information content (AvgIpc) is 3.05. The van der Waals surface area contributed by atoms with Crippen molar-refractivity contribution < 1.29 is 31.8 Å². The fourth-order valence-electron chi connectivity index (χ4n) is 2.48. The summed E-state index contributed by atoms with van der Waals surface area (Å²) in [5, 5.41) is 7.24. The van der Waals surface area contributed by atoms with Crippen LogP contribution in [0.5, 0.6) is 11.5 Å². The van der Waals surface area contributed by atoms with Crippen molar-refractivity contribution in [2.45, 2.75) is 19.1 Å². The number of rotatable bonds is 4. The van der Waals surface area contributed by atoms with Gasteiger partial charge in [-0.1, -0.05) is 16.8 Å². The summed E-state index contributed by atoms with van der Waals surface area (Å²) in [6, 6.07) is 4.46. The molecule has 0 amide bonds. The van der Waals surface area contributed by atoms with Crippen molar-refractivity contribution in [1.82, 2.24) is 15.0 Å². The van der Waals surface area contributed by atoms with Crippen LogP contribution in [0, 0.1) is 5.82 Å². The molecule has 0 aliphatic carbocycles. The summed E-state index contributed by atoms with van der Waals surface area (Å²) in [5.74, 6) is -2.26. The molecule has 28 heavy (non-hydrogen) atoms. The van der Waals surface area contributed by atoms with Gasteiger partial charge < -0.3 is 9.47 Å². The van der Waals surface area contributed by atoms with E-state index in [2.05, 4.69) is 15.0 Å². The molecule has 0 bridgehead atoms. The summed E-state index contributed by atoms with van der Waals surface area (Å²) in [6.07, 6.45) is -4.74. The first-order chi connectivity index (χ1) is 13.1. The first kappa shape index (κ1) is 19.9. The first-order valence-corrected chi connectivity index (χ1v) is 8.16. The fraction of sp³-hybridized carbons (Fsp3) is 0.235. The zero-order valence-corrected chi connectivity index (χ0v) is 15.2. The summed E-state index contributed by atoms with van der Waals surface area (Å²) >= 11 is 5.76.